The van der Waals surface area contributed by atoms with E-state index in [1.807, 2.05) is 0 Å². The van der Waals surface area contributed by atoms with Gasteiger partial charge in [0.2, 0.25) is 0 Å². The summed E-state index contributed by atoms with van der Waals surface area (Å²) >= 11 is 0. The van der Waals surface area contributed by atoms with Gasteiger partial charge < -0.3 is 0 Å². The Hall–Kier alpha value is 0.130. The van der Waals surface area contributed by atoms with E-state index in [1.165, 1.54) is 19.3 Å². The Bertz CT molecular complexity index is 488. The number of benzene rings is 1. The Morgan fingerprint density at radius 1 is 0.913 bits per heavy atom. The first kappa shape index (κ1) is 23.1. The molecule has 0 N–H and O–H groups in total. The van der Waals surface area contributed by atoms with Gasteiger partial charge >= 0.3 is 0 Å². The molecule has 0 amide bonds. The minimum atomic E-state index is -3.62. The third-order valence-electron chi connectivity index (χ3n) is 3.92. The molecule has 0 fully saturated rings. The van der Waals surface area contributed by atoms with Crippen molar-refractivity contribution in [3.8, 4) is 0 Å². The molecule has 5 heteroatoms. The zero-order valence-electron chi connectivity index (χ0n) is 15.0. The molecule has 1 unspecified atom stereocenters. The van der Waals surface area contributed by atoms with Crippen LogP contribution in [0.2, 0.25) is 0 Å². The van der Waals surface area contributed by atoms with Crippen molar-refractivity contribution in [2.75, 3.05) is 6.61 Å². The molecule has 0 aliphatic rings. The van der Waals surface area contributed by atoms with Crippen molar-refractivity contribution in [3.05, 3.63) is 30.3 Å². The number of hydrogen-bond donors (Lipinski definition) is 0. The molecule has 23 heavy (non-hydrogen) atoms. The van der Waals surface area contributed by atoms with Gasteiger partial charge in [-0.15, -0.1) is 0 Å². The first-order valence-corrected chi connectivity index (χ1v) is 9.95. The van der Waals surface area contributed by atoms with Crippen LogP contribution in [0.25, 0.3) is 0 Å². The van der Waals surface area contributed by atoms with E-state index >= 15 is 0 Å². The van der Waals surface area contributed by atoms with E-state index in [2.05, 4.69) is 13.8 Å². The average Bonchev–Trinajstić information content (AvgIpc) is 2.54. The van der Waals surface area contributed by atoms with Crippen LogP contribution in [0, 0.1) is 5.92 Å². The Kier molecular flexibility index (Phi) is 13.5. The topological polar surface area (TPSA) is 43.4 Å². The van der Waals surface area contributed by atoms with Crippen molar-refractivity contribution in [1.29, 1.82) is 0 Å². The summed E-state index contributed by atoms with van der Waals surface area (Å²) in [5.74, 6) is 0.343. The molecule has 1 atom stereocenters. The van der Waals surface area contributed by atoms with Crippen molar-refractivity contribution in [3.63, 3.8) is 0 Å². The van der Waals surface area contributed by atoms with Crippen LogP contribution in [-0.4, -0.2) is 44.6 Å². The van der Waals surface area contributed by atoms with Crippen molar-refractivity contribution < 1.29 is 12.6 Å². The molecule has 0 saturated carbocycles. The maximum absolute atomic E-state index is 12.2. The van der Waals surface area contributed by atoms with Gasteiger partial charge in [0.05, 0.1) is 11.5 Å². The molecule has 0 heterocycles. The first-order chi connectivity index (χ1) is 10.6. The fourth-order valence-corrected chi connectivity index (χ4v) is 3.50. The van der Waals surface area contributed by atoms with Crippen molar-refractivity contribution in [2.24, 2.45) is 5.92 Å². The smallest absolute Gasteiger partial charge is 0.266 e. The van der Waals surface area contributed by atoms with Gasteiger partial charge in [0.25, 0.3) is 10.1 Å². The van der Waals surface area contributed by atoms with Crippen LogP contribution < -0.4 is 0 Å². The largest absolute Gasteiger partial charge is 0.296 e. The predicted octanol–water partition coefficient (Wildman–Crippen LogP) is 4.79. The van der Waals surface area contributed by atoms with Crippen LogP contribution >= 0.6 is 0 Å². The maximum Gasteiger partial charge on any atom is 0.296 e. The van der Waals surface area contributed by atoms with Gasteiger partial charge in [-0.1, -0.05) is 70.6 Å². The minimum Gasteiger partial charge on any atom is -0.266 e. The second kappa shape index (κ2) is 13.4. The molecule has 0 aliphatic heterocycles. The number of hydrogen-bond acceptors (Lipinski definition) is 3. The summed E-state index contributed by atoms with van der Waals surface area (Å²) in [5.41, 5.74) is 0. The van der Waals surface area contributed by atoms with Gasteiger partial charge in [-0.25, -0.2) is 0 Å². The van der Waals surface area contributed by atoms with E-state index in [-0.39, 0.29) is 34.5 Å². The summed E-state index contributed by atoms with van der Waals surface area (Å²) in [6.45, 7) is 4.67. The average molecular weight is 349 g/mol. The Morgan fingerprint density at radius 2 is 1.52 bits per heavy atom. The predicted molar refractivity (Wildman–Crippen MR) is 97.1 cm³/mol. The van der Waals surface area contributed by atoms with Gasteiger partial charge in [-0.3, -0.25) is 4.18 Å². The van der Waals surface area contributed by atoms with Gasteiger partial charge in [-0.2, -0.15) is 8.42 Å². The van der Waals surface area contributed by atoms with E-state index in [4.69, 9.17) is 4.18 Å². The molecular formula is C18H30NaO3S. The van der Waals surface area contributed by atoms with Crippen LogP contribution in [0.15, 0.2) is 35.2 Å². The summed E-state index contributed by atoms with van der Waals surface area (Å²) in [6.07, 6.45) is 9.24. The van der Waals surface area contributed by atoms with E-state index in [0.29, 0.717) is 12.5 Å². The first-order valence-electron chi connectivity index (χ1n) is 8.54. The second-order valence-electron chi connectivity index (χ2n) is 5.91. The van der Waals surface area contributed by atoms with Crippen molar-refractivity contribution in [2.45, 2.75) is 70.1 Å². The Labute approximate surface area is 164 Å². The fourth-order valence-electron chi connectivity index (χ4n) is 2.50. The number of rotatable bonds is 12. The molecule has 0 aromatic heterocycles. The zero-order chi connectivity index (χ0) is 16.3. The summed E-state index contributed by atoms with van der Waals surface area (Å²) in [7, 11) is -3.62. The SMILES string of the molecule is CCCCCCC(CCCC)COS(=O)(=O)c1ccccc1.[Na]. The number of unbranched alkanes of at least 4 members (excludes halogenated alkanes) is 4. The third-order valence-corrected chi connectivity index (χ3v) is 5.22. The summed E-state index contributed by atoms with van der Waals surface area (Å²) < 4.78 is 29.6. The Balaban J connectivity index is 0.00000484. The monoisotopic (exact) mass is 349 g/mol. The van der Waals surface area contributed by atoms with Gasteiger partial charge in [0.15, 0.2) is 0 Å². The van der Waals surface area contributed by atoms with Crippen LogP contribution in [0.3, 0.4) is 0 Å². The van der Waals surface area contributed by atoms with Crippen molar-refractivity contribution >= 4 is 39.7 Å². The normalized spacial score (nSPS) is 12.6. The maximum atomic E-state index is 12.2. The van der Waals surface area contributed by atoms with Crippen molar-refractivity contribution in [1.82, 2.24) is 0 Å². The van der Waals surface area contributed by atoms with Crippen LogP contribution in [0.1, 0.15) is 65.2 Å². The molecular weight excluding hydrogens is 319 g/mol. The van der Waals surface area contributed by atoms with E-state index < -0.39 is 10.1 Å². The Morgan fingerprint density at radius 3 is 2.13 bits per heavy atom. The van der Waals surface area contributed by atoms with Gasteiger partial charge in [-0.05, 0) is 30.9 Å². The second-order valence-corrected chi connectivity index (χ2v) is 7.52. The molecule has 0 aliphatic carbocycles. The minimum absolute atomic E-state index is 0. The molecule has 0 saturated heterocycles. The fraction of sp³-hybridized carbons (Fsp3) is 0.667. The third kappa shape index (κ3) is 9.88. The standard InChI is InChI=1S/C18H30O3S.Na/c1-3-5-7-9-13-17(12-6-4-2)16-21-22(19,20)18-14-10-8-11-15-18;/h8,10-11,14-15,17H,3-7,9,12-13,16H2,1-2H3;. The molecule has 0 bridgehead atoms. The van der Waals surface area contributed by atoms with Gasteiger partial charge in [0, 0.05) is 29.6 Å². The van der Waals surface area contributed by atoms with E-state index in [1.54, 1.807) is 30.3 Å². The summed E-state index contributed by atoms with van der Waals surface area (Å²) in [6, 6.07) is 8.40. The van der Waals surface area contributed by atoms with Crippen LogP contribution in [0.4, 0.5) is 0 Å². The molecule has 3 nitrogen and oxygen atoms in total. The van der Waals surface area contributed by atoms with Crippen LogP contribution in [-0.2, 0) is 14.3 Å². The zero-order valence-corrected chi connectivity index (χ0v) is 17.8. The molecule has 1 rings (SSSR count). The summed E-state index contributed by atoms with van der Waals surface area (Å²) in [5, 5.41) is 0. The quantitative estimate of drug-likeness (QED) is 0.310. The molecule has 127 valence electrons. The molecule has 0 spiro atoms. The molecule has 1 aromatic rings. The van der Waals surface area contributed by atoms with Gasteiger partial charge in [0.1, 0.15) is 0 Å². The van der Waals surface area contributed by atoms with Crippen LogP contribution in [0.5, 0.6) is 0 Å². The molecule has 1 radical (unpaired) electrons. The summed E-state index contributed by atoms with van der Waals surface area (Å²) in [4.78, 5) is 0.246. The van der Waals surface area contributed by atoms with E-state index in [9.17, 15) is 8.42 Å². The molecule has 1 aromatic carbocycles. The van der Waals surface area contributed by atoms with E-state index in [0.717, 1.165) is 32.1 Å².